The molecule has 7 nitrogen and oxygen atoms in total. The van der Waals surface area contributed by atoms with E-state index in [1.807, 2.05) is 9.80 Å². The van der Waals surface area contributed by atoms with Crippen LogP contribution >= 0.6 is 11.3 Å². The summed E-state index contributed by atoms with van der Waals surface area (Å²) in [6.07, 6.45) is -3.12. The Morgan fingerprint density at radius 2 is 1.87 bits per heavy atom. The SMILES string of the molecule is Cc1sc(N2CC3(CCN(c4cnc5cnn(CC(F)F)c5n4)C3)C2)nc1C(F)(F)F. The van der Waals surface area contributed by atoms with Gasteiger partial charge in [-0.3, -0.25) is 0 Å². The molecule has 3 aromatic rings. The van der Waals surface area contributed by atoms with Crippen molar-refractivity contribution in [3.05, 3.63) is 23.0 Å². The van der Waals surface area contributed by atoms with Gasteiger partial charge < -0.3 is 9.80 Å². The molecule has 0 aliphatic carbocycles. The molecule has 0 radical (unpaired) electrons. The highest BCUT2D eigenvalue weighted by Crippen LogP contribution is 2.45. The van der Waals surface area contributed by atoms with E-state index in [1.165, 1.54) is 13.1 Å². The maximum Gasteiger partial charge on any atom is 0.434 e. The van der Waals surface area contributed by atoms with Crippen LogP contribution in [0.25, 0.3) is 11.2 Å². The van der Waals surface area contributed by atoms with Crippen LogP contribution in [-0.4, -0.2) is 57.3 Å². The lowest BCUT2D eigenvalue weighted by Gasteiger charge is -2.48. The maximum atomic E-state index is 13.0. The number of alkyl halides is 5. The number of aromatic nitrogens is 5. The molecule has 166 valence electrons. The molecule has 2 saturated heterocycles. The molecule has 0 atom stereocenters. The van der Waals surface area contributed by atoms with E-state index in [-0.39, 0.29) is 10.3 Å². The smallest absolute Gasteiger partial charge is 0.355 e. The average Bonchev–Trinajstić information content (AvgIpc) is 3.36. The normalized spacial score (nSPS) is 18.5. The largest absolute Gasteiger partial charge is 0.434 e. The van der Waals surface area contributed by atoms with Crippen molar-refractivity contribution in [3.63, 3.8) is 0 Å². The van der Waals surface area contributed by atoms with Gasteiger partial charge in [-0.15, -0.1) is 11.3 Å². The van der Waals surface area contributed by atoms with Crippen LogP contribution in [0.3, 0.4) is 0 Å². The first-order chi connectivity index (χ1) is 14.6. The molecule has 3 aromatic heterocycles. The van der Waals surface area contributed by atoms with Gasteiger partial charge in [0, 0.05) is 36.5 Å². The summed E-state index contributed by atoms with van der Waals surface area (Å²) in [7, 11) is 0. The van der Waals surface area contributed by atoms with Gasteiger partial charge >= 0.3 is 6.18 Å². The van der Waals surface area contributed by atoms with Crippen molar-refractivity contribution < 1.29 is 22.0 Å². The van der Waals surface area contributed by atoms with Crippen molar-refractivity contribution in [2.45, 2.75) is 32.5 Å². The van der Waals surface area contributed by atoms with Gasteiger partial charge in [0.1, 0.15) is 17.9 Å². The van der Waals surface area contributed by atoms with Crippen molar-refractivity contribution in [1.82, 2.24) is 24.7 Å². The van der Waals surface area contributed by atoms with Gasteiger partial charge in [-0.1, -0.05) is 0 Å². The number of anilines is 2. The van der Waals surface area contributed by atoms with Gasteiger partial charge in [-0.25, -0.2) is 28.4 Å². The number of hydrogen-bond acceptors (Lipinski definition) is 7. The van der Waals surface area contributed by atoms with E-state index in [4.69, 9.17) is 0 Å². The second-order valence-corrected chi connectivity index (χ2v) is 9.26. The number of fused-ring (bicyclic) bond motifs is 1. The fraction of sp³-hybridized carbons (Fsp3) is 0.556. The third-order valence-electron chi connectivity index (χ3n) is 5.78. The average molecular weight is 459 g/mol. The summed E-state index contributed by atoms with van der Waals surface area (Å²) in [6.45, 7) is 3.50. The molecule has 0 bridgehead atoms. The Labute approximate surface area is 177 Å². The number of rotatable bonds is 4. The van der Waals surface area contributed by atoms with Crippen molar-refractivity contribution in [2.24, 2.45) is 5.41 Å². The number of aryl methyl sites for hydroxylation is 1. The third kappa shape index (κ3) is 3.58. The van der Waals surface area contributed by atoms with Crippen LogP contribution in [-0.2, 0) is 12.7 Å². The molecule has 0 saturated carbocycles. The Morgan fingerprint density at radius 3 is 2.55 bits per heavy atom. The van der Waals surface area contributed by atoms with Gasteiger partial charge in [0.2, 0.25) is 0 Å². The van der Waals surface area contributed by atoms with E-state index >= 15 is 0 Å². The second-order valence-electron chi connectivity index (χ2n) is 8.08. The molecule has 0 unspecified atom stereocenters. The molecule has 2 aliphatic heterocycles. The summed E-state index contributed by atoms with van der Waals surface area (Å²) in [5.41, 5.74) is -0.109. The van der Waals surface area contributed by atoms with E-state index < -0.39 is 24.8 Å². The zero-order valence-corrected chi connectivity index (χ0v) is 17.2. The number of nitrogens with zero attached hydrogens (tertiary/aromatic N) is 7. The van der Waals surface area contributed by atoms with Crippen molar-refractivity contribution >= 4 is 33.5 Å². The summed E-state index contributed by atoms with van der Waals surface area (Å²) in [4.78, 5) is 16.7. The van der Waals surface area contributed by atoms with Crippen LogP contribution in [0.2, 0.25) is 0 Å². The standard InChI is InChI=1S/C18H18F5N7S/c1-10-14(18(21,22)23)27-16(31-10)29-8-17(9-29)2-3-28(7-17)13-5-24-11-4-25-30(6-12(19)20)15(11)26-13/h4-5,12H,2-3,6-9H2,1H3. The zero-order chi connectivity index (χ0) is 22.0. The molecular weight excluding hydrogens is 441 g/mol. The highest BCUT2D eigenvalue weighted by Gasteiger charge is 2.49. The molecule has 0 aromatic carbocycles. The Kier molecular flexibility index (Phi) is 4.57. The van der Waals surface area contributed by atoms with Gasteiger partial charge in [-0.05, 0) is 13.3 Å². The monoisotopic (exact) mass is 459 g/mol. The first-order valence-electron chi connectivity index (χ1n) is 9.65. The van der Waals surface area contributed by atoms with Crippen LogP contribution in [0.5, 0.6) is 0 Å². The minimum atomic E-state index is -4.44. The van der Waals surface area contributed by atoms with E-state index in [1.54, 1.807) is 6.20 Å². The molecule has 5 rings (SSSR count). The van der Waals surface area contributed by atoms with Crippen molar-refractivity contribution in [3.8, 4) is 0 Å². The van der Waals surface area contributed by atoms with E-state index in [0.717, 1.165) is 22.4 Å². The predicted molar refractivity (Wildman–Crippen MR) is 105 cm³/mol. The Bertz CT molecular complexity index is 1120. The van der Waals surface area contributed by atoms with Crippen molar-refractivity contribution in [1.29, 1.82) is 0 Å². The Balaban J connectivity index is 1.29. The highest BCUT2D eigenvalue weighted by atomic mass is 32.1. The number of hydrogen-bond donors (Lipinski definition) is 0. The van der Waals surface area contributed by atoms with Crippen LogP contribution in [0.1, 0.15) is 17.0 Å². The summed E-state index contributed by atoms with van der Waals surface area (Å²) in [5.74, 6) is 0.586. The summed E-state index contributed by atoms with van der Waals surface area (Å²) < 4.78 is 65.7. The van der Waals surface area contributed by atoms with E-state index in [9.17, 15) is 22.0 Å². The number of halogens is 5. The predicted octanol–water partition coefficient (Wildman–Crippen LogP) is 3.59. The minimum absolute atomic E-state index is 0.0577. The van der Waals surface area contributed by atoms with Crippen LogP contribution in [0.4, 0.5) is 32.9 Å². The zero-order valence-electron chi connectivity index (χ0n) is 16.4. The van der Waals surface area contributed by atoms with Gasteiger partial charge in [0.15, 0.2) is 16.5 Å². The fourth-order valence-corrected chi connectivity index (χ4v) is 5.25. The first-order valence-corrected chi connectivity index (χ1v) is 10.5. The first kappa shape index (κ1) is 20.3. The van der Waals surface area contributed by atoms with Crippen LogP contribution in [0, 0.1) is 12.3 Å². The summed E-state index contributed by atoms with van der Waals surface area (Å²) in [6, 6.07) is 0. The van der Waals surface area contributed by atoms with Gasteiger partial charge in [-0.2, -0.15) is 18.3 Å². The minimum Gasteiger partial charge on any atom is -0.355 e. The number of thiazole rings is 1. The second kappa shape index (κ2) is 6.97. The lowest BCUT2D eigenvalue weighted by Crippen LogP contribution is -2.57. The Hall–Kier alpha value is -2.57. The van der Waals surface area contributed by atoms with Crippen LogP contribution < -0.4 is 9.80 Å². The highest BCUT2D eigenvalue weighted by molar-refractivity contribution is 7.15. The molecular formula is C18H18F5N7S. The Morgan fingerprint density at radius 1 is 1.13 bits per heavy atom. The molecule has 2 aliphatic rings. The molecule has 5 heterocycles. The maximum absolute atomic E-state index is 13.0. The summed E-state index contributed by atoms with van der Waals surface area (Å²) >= 11 is 1.06. The van der Waals surface area contributed by atoms with Crippen molar-refractivity contribution in [2.75, 3.05) is 36.0 Å². The summed E-state index contributed by atoms with van der Waals surface area (Å²) in [5, 5.41) is 4.32. The molecule has 0 N–H and O–H groups in total. The van der Waals surface area contributed by atoms with Gasteiger partial charge in [0.25, 0.3) is 6.43 Å². The van der Waals surface area contributed by atoms with Crippen LogP contribution in [0.15, 0.2) is 12.4 Å². The molecule has 31 heavy (non-hydrogen) atoms. The molecule has 13 heteroatoms. The lowest BCUT2D eigenvalue weighted by molar-refractivity contribution is -0.141. The lowest BCUT2D eigenvalue weighted by atomic mass is 9.79. The molecule has 2 fully saturated rings. The third-order valence-corrected chi connectivity index (χ3v) is 6.81. The fourth-order valence-electron chi connectivity index (χ4n) is 4.32. The van der Waals surface area contributed by atoms with Gasteiger partial charge in [0.05, 0.1) is 12.4 Å². The van der Waals surface area contributed by atoms with E-state index in [2.05, 4.69) is 20.1 Å². The van der Waals surface area contributed by atoms with E-state index in [0.29, 0.717) is 48.3 Å². The topological polar surface area (TPSA) is 63.0 Å². The molecule has 1 spiro atoms. The quantitative estimate of drug-likeness (QED) is 0.556. The molecule has 0 amide bonds.